The summed E-state index contributed by atoms with van der Waals surface area (Å²) >= 11 is 6.63. The Morgan fingerprint density at radius 3 is 2.47 bits per heavy atom. The molecule has 10 heteroatoms. The van der Waals surface area contributed by atoms with Crippen molar-refractivity contribution in [3.8, 4) is 17.3 Å². The van der Waals surface area contributed by atoms with Gasteiger partial charge in [0.05, 0.1) is 33.5 Å². The van der Waals surface area contributed by atoms with Crippen LogP contribution in [0, 0.1) is 29.6 Å². The lowest BCUT2D eigenvalue weighted by molar-refractivity contribution is 0.347. The predicted octanol–water partition coefficient (Wildman–Crippen LogP) is 6.69. The first-order chi connectivity index (χ1) is 17.8. The molecule has 0 saturated carbocycles. The highest BCUT2D eigenvalue weighted by atomic mass is 35.5. The maximum absolute atomic E-state index is 14.4. The van der Waals surface area contributed by atoms with Gasteiger partial charge in [0.2, 0.25) is 5.95 Å². The van der Waals surface area contributed by atoms with E-state index in [1.54, 1.807) is 17.7 Å². The van der Waals surface area contributed by atoms with E-state index in [0.29, 0.717) is 51.8 Å². The average Bonchev–Trinajstić information content (AvgIpc) is 3.32. The number of hydrogen-bond donors (Lipinski definition) is 2. The van der Waals surface area contributed by atoms with Gasteiger partial charge in [-0.05, 0) is 45.2 Å². The first-order valence-corrected chi connectivity index (χ1v) is 12.7. The molecule has 0 aliphatic rings. The number of fused-ring (bicyclic) bond motifs is 1. The monoisotopic (exact) mass is 534 g/mol. The highest BCUT2D eigenvalue weighted by molar-refractivity contribution is 6.35. The molecule has 0 fully saturated rings. The van der Waals surface area contributed by atoms with Crippen LogP contribution in [0.25, 0.3) is 22.2 Å². The number of rotatable bonds is 6. The zero-order valence-corrected chi connectivity index (χ0v) is 23.5. The summed E-state index contributed by atoms with van der Waals surface area (Å²) in [6, 6.07) is 7.31. The zero-order valence-electron chi connectivity index (χ0n) is 22.7. The molecule has 8 nitrogen and oxygen atoms in total. The van der Waals surface area contributed by atoms with Crippen LogP contribution < -0.4 is 10.6 Å². The van der Waals surface area contributed by atoms with Gasteiger partial charge in [-0.2, -0.15) is 9.65 Å². The fourth-order valence-corrected chi connectivity index (χ4v) is 4.28. The summed E-state index contributed by atoms with van der Waals surface area (Å²) in [5.41, 5.74) is 4.72. The molecule has 38 heavy (non-hydrogen) atoms. The van der Waals surface area contributed by atoms with Crippen molar-refractivity contribution in [1.29, 1.82) is 5.26 Å². The molecule has 0 amide bonds. The Bertz CT molecular complexity index is 1540. The van der Waals surface area contributed by atoms with E-state index in [0.717, 1.165) is 16.6 Å². The Morgan fingerprint density at radius 2 is 1.84 bits per heavy atom. The third kappa shape index (κ3) is 5.86. The third-order valence-electron chi connectivity index (χ3n) is 6.07. The third-order valence-corrected chi connectivity index (χ3v) is 6.35. The van der Waals surface area contributed by atoms with Gasteiger partial charge in [0.1, 0.15) is 11.8 Å². The SMILES string of the molecule is Cc1nc(F)cc(-c2cn(C(C)(C)C)nn2)c1CNc1cc(Cl)c2ncc(C#N)c(NCC(C)(C)C)c2c1. The van der Waals surface area contributed by atoms with E-state index in [-0.39, 0.29) is 11.0 Å². The van der Waals surface area contributed by atoms with E-state index in [1.165, 1.54) is 12.3 Å². The van der Waals surface area contributed by atoms with Crippen LogP contribution in [0.15, 0.2) is 30.6 Å². The minimum Gasteiger partial charge on any atom is -0.383 e. The normalized spacial score (nSPS) is 12.0. The molecule has 0 spiro atoms. The highest BCUT2D eigenvalue weighted by Gasteiger charge is 2.20. The summed E-state index contributed by atoms with van der Waals surface area (Å²) in [6.07, 6.45) is 3.35. The van der Waals surface area contributed by atoms with Crippen LogP contribution >= 0.6 is 11.6 Å². The lowest BCUT2D eigenvalue weighted by atomic mass is 9.96. The molecule has 1 aromatic carbocycles. The molecule has 3 heterocycles. The standard InChI is InChI=1S/C28H32ClFN8/c1-16-21(19(10-24(30)35-16)23-14-38(37-36-23)28(5,6)7)13-32-18-8-20-25(34-15-27(2,3)4)17(11-31)12-33-26(20)22(29)9-18/h8-10,12,14,32H,13,15H2,1-7H3,(H,33,34). The molecule has 2 N–H and O–H groups in total. The van der Waals surface area contributed by atoms with Gasteiger partial charge in [-0.15, -0.1) is 5.10 Å². The number of nitrogens with zero attached hydrogens (tertiary/aromatic N) is 6. The van der Waals surface area contributed by atoms with Crippen molar-refractivity contribution in [1.82, 2.24) is 25.0 Å². The molecule has 0 unspecified atom stereocenters. The van der Waals surface area contributed by atoms with Crippen molar-refractivity contribution in [2.24, 2.45) is 5.41 Å². The predicted molar refractivity (Wildman–Crippen MR) is 150 cm³/mol. The van der Waals surface area contributed by atoms with Crippen molar-refractivity contribution in [2.45, 2.75) is 60.5 Å². The van der Waals surface area contributed by atoms with Gasteiger partial charge >= 0.3 is 0 Å². The summed E-state index contributed by atoms with van der Waals surface area (Å²) in [4.78, 5) is 8.46. The molecule has 0 saturated heterocycles. The lowest BCUT2D eigenvalue weighted by Gasteiger charge is -2.21. The fraction of sp³-hybridized carbons (Fsp3) is 0.393. The number of pyridine rings is 2. The van der Waals surface area contributed by atoms with Gasteiger partial charge < -0.3 is 10.6 Å². The summed E-state index contributed by atoms with van der Waals surface area (Å²) in [5, 5.41) is 26.3. The molecule has 3 aromatic heterocycles. The summed E-state index contributed by atoms with van der Waals surface area (Å²) < 4.78 is 16.1. The minimum atomic E-state index is -0.579. The van der Waals surface area contributed by atoms with E-state index in [9.17, 15) is 9.65 Å². The van der Waals surface area contributed by atoms with Crippen LogP contribution in [0.1, 0.15) is 58.4 Å². The van der Waals surface area contributed by atoms with Crippen molar-refractivity contribution in [2.75, 3.05) is 17.2 Å². The average molecular weight is 535 g/mol. The summed E-state index contributed by atoms with van der Waals surface area (Å²) in [6.45, 7) is 15.2. The number of hydrogen-bond acceptors (Lipinski definition) is 7. The van der Waals surface area contributed by atoms with Crippen molar-refractivity contribution in [3.05, 3.63) is 58.4 Å². The van der Waals surface area contributed by atoms with Crippen molar-refractivity contribution < 1.29 is 4.39 Å². The number of aryl methyl sites for hydroxylation is 1. The Hall–Kier alpha value is -3.77. The molecular weight excluding hydrogens is 503 g/mol. The lowest BCUT2D eigenvalue weighted by Crippen LogP contribution is -2.22. The van der Waals surface area contributed by atoms with Crippen molar-refractivity contribution in [3.63, 3.8) is 0 Å². The Labute approximate surface area is 227 Å². The topological polar surface area (TPSA) is 104 Å². The van der Waals surface area contributed by atoms with Crippen molar-refractivity contribution >= 4 is 33.9 Å². The number of nitrogens with one attached hydrogen (secondary N) is 2. The fourth-order valence-electron chi connectivity index (χ4n) is 4.01. The second-order valence-corrected chi connectivity index (χ2v) is 12.0. The first-order valence-electron chi connectivity index (χ1n) is 12.4. The number of benzene rings is 1. The van der Waals surface area contributed by atoms with E-state index in [1.807, 2.05) is 33.0 Å². The number of anilines is 2. The second-order valence-electron chi connectivity index (χ2n) is 11.6. The highest BCUT2D eigenvalue weighted by Crippen LogP contribution is 2.35. The van der Waals surface area contributed by atoms with Crippen LogP contribution in [0.3, 0.4) is 0 Å². The maximum atomic E-state index is 14.4. The van der Waals surface area contributed by atoms with Crippen LogP contribution in [0.4, 0.5) is 15.8 Å². The van der Waals surface area contributed by atoms with E-state index in [4.69, 9.17) is 11.6 Å². The number of nitriles is 1. The van der Waals surface area contributed by atoms with E-state index in [2.05, 4.69) is 57.8 Å². The number of halogens is 2. The van der Waals surface area contributed by atoms with Crippen LogP contribution in [0.5, 0.6) is 0 Å². The second kappa shape index (κ2) is 10.2. The zero-order chi connectivity index (χ0) is 27.8. The van der Waals surface area contributed by atoms with Gasteiger partial charge in [0.15, 0.2) is 0 Å². The van der Waals surface area contributed by atoms with Crippen LogP contribution in [0.2, 0.25) is 5.02 Å². The Kier molecular flexibility index (Phi) is 7.31. The van der Waals surface area contributed by atoms with Gasteiger partial charge in [-0.25, -0.2) is 9.67 Å². The van der Waals surface area contributed by atoms with Gasteiger partial charge in [-0.1, -0.05) is 37.6 Å². The summed E-state index contributed by atoms with van der Waals surface area (Å²) in [5.74, 6) is -0.579. The first kappa shape index (κ1) is 27.3. The molecule has 0 aliphatic carbocycles. The largest absolute Gasteiger partial charge is 0.383 e. The van der Waals surface area contributed by atoms with E-state index < -0.39 is 5.95 Å². The quantitative estimate of drug-likeness (QED) is 0.266. The number of aromatic nitrogens is 5. The van der Waals surface area contributed by atoms with Gasteiger partial charge in [0.25, 0.3) is 0 Å². The van der Waals surface area contributed by atoms with Gasteiger partial charge in [0, 0.05) is 53.2 Å². The summed E-state index contributed by atoms with van der Waals surface area (Å²) in [7, 11) is 0. The maximum Gasteiger partial charge on any atom is 0.213 e. The minimum absolute atomic E-state index is 0.000314. The molecule has 198 valence electrons. The molecule has 0 bridgehead atoms. The Balaban J connectivity index is 1.72. The van der Waals surface area contributed by atoms with Crippen LogP contribution in [-0.4, -0.2) is 31.5 Å². The molecule has 4 rings (SSSR count). The van der Waals surface area contributed by atoms with Crippen LogP contribution in [-0.2, 0) is 12.1 Å². The molecule has 0 radical (unpaired) electrons. The van der Waals surface area contributed by atoms with Gasteiger partial charge in [-0.3, -0.25) is 4.98 Å². The van der Waals surface area contributed by atoms with E-state index >= 15 is 0 Å². The smallest absolute Gasteiger partial charge is 0.213 e. The molecule has 4 aromatic rings. The molecular formula is C28H32ClFN8. The molecule has 0 atom stereocenters. The molecule has 0 aliphatic heterocycles. The Morgan fingerprint density at radius 1 is 1.11 bits per heavy atom.